The van der Waals surface area contributed by atoms with Crippen molar-refractivity contribution in [3.05, 3.63) is 35.9 Å². The Morgan fingerprint density at radius 2 is 1.17 bits per heavy atom. The van der Waals surface area contributed by atoms with Crippen LogP contribution < -0.4 is 0 Å². The summed E-state index contributed by atoms with van der Waals surface area (Å²) in [5.74, 6) is 0. The smallest absolute Gasteiger partial charge is 0.129 e. The molecule has 1 aromatic carbocycles. The van der Waals surface area contributed by atoms with Crippen molar-refractivity contribution in [2.24, 2.45) is 0 Å². The Labute approximate surface area is 145 Å². The maximum atomic E-state index is 9.56. The summed E-state index contributed by atoms with van der Waals surface area (Å²) in [6.07, 6.45) is 0. The van der Waals surface area contributed by atoms with E-state index in [0.29, 0.717) is 35.1 Å². The van der Waals surface area contributed by atoms with E-state index >= 15 is 0 Å². The molecule has 138 valence electrons. The molecule has 0 bridgehead atoms. The number of aliphatic hydroxyl groups excluding tert-OH is 4. The van der Waals surface area contributed by atoms with Crippen LogP contribution in [0.15, 0.2) is 30.3 Å². The number of nitrogens with zero attached hydrogens (tertiary/aromatic N) is 2. The largest absolute Gasteiger partial charge is 0.391 e. The third-order valence-electron chi connectivity index (χ3n) is 4.90. The molecule has 0 fully saturated rings. The molecule has 0 aliphatic carbocycles. The van der Waals surface area contributed by atoms with Gasteiger partial charge in [0.25, 0.3) is 0 Å². The minimum Gasteiger partial charge on any atom is -0.391 e. The van der Waals surface area contributed by atoms with Crippen LogP contribution in [0, 0.1) is 0 Å². The first kappa shape index (κ1) is 21.0. The van der Waals surface area contributed by atoms with Gasteiger partial charge in [0.15, 0.2) is 0 Å². The molecule has 1 rings (SSSR count). The standard InChI is InChI=1S/C18H34N2O4/c1-19(9-13-21,10-14-22)7-8-20(11-15-23,12-16-24)17-18-5-3-2-4-6-18/h2-6,21-24H,7-17H2,1H3/q+2. The van der Waals surface area contributed by atoms with E-state index in [-0.39, 0.29) is 26.4 Å². The van der Waals surface area contributed by atoms with Crippen LogP contribution in [0.5, 0.6) is 0 Å². The molecule has 4 N–H and O–H groups in total. The summed E-state index contributed by atoms with van der Waals surface area (Å²) in [5, 5.41) is 37.8. The highest BCUT2D eigenvalue weighted by Gasteiger charge is 2.31. The average Bonchev–Trinajstić information content (AvgIpc) is 2.55. The van der Waals surface area contributed by atoms with Gasteiger partial charge < -0.3 is 29.4 Å². The van der Waals surface area contributed by atoms with Crippen LogP contribution >= 0.6 is 0 Å². The van der Waals surface area contributed by atoms with Gasteiger partial charge >= 0.3 is 0 Å². The normalized spacial score (nSPS) is 12.5. The van der Waals surface area contributed by atoms with Gasteiger partial charge in [0.05, 0.1) is 33.5 Å². The quantitative estimate of drug-likeness (QED) is 0.362. The molecule has 24 heavy (non-hydrogen) atoms. The van der Waals surface area contributed by atoms with Crippen LogP contribution in [0.3, 0.4) is 0 Å². The van der Waals surface area contributed by atoms with E-state index in [4.69, 9.17) is 0 Å². The van der Waals surface area contributed by atoms with E-state index in [1.807, 2.05) is 25.2 Å². The lowest BCUT2D eigenvalue weighted by Gasteiger charge is -2.41. The van der Waals surface area contributed by atoms with Crippen molar-refractivity contribution < 1.29 is 29.4 Å². The first-order valence-electron chi connectivity index (χ1n) is 8.69. The Hall–Kier alpha value is -1.02. The molecule has 0 aliphatic rings. The highest BCUT2D eigenvalue weighted by Crippen LogP contribution is 2.16. The minimum absolute atomic E-state index is 0.0660. The van der Waals surface area contributed by atoms with Gasteiger partial charge in [-0.3, -0.25) is 0 Å². The predicted octanol–water partition coefficient (Wildman–Crippen LogP) is -0.581. The Morgan fingerprint density at radius 1 is 0.667 bits per heavy atom. The first-order valence-corrected chi connectivity index (χ1v) is 8.69. The summed E-state index contributed by atoms with van der Waals surface area (Å²) in [7, 11) is 2.03. The molecule has 0 radical (unpaired) electrons. The molecule has 0 amide bonds. The highest BCUT2D eigenvalue weighted by molar-refractivity contribution is 5.13. The molecule has 0 atom stereocenters. The van der Waals surface area contributed by atoms with Crippen molar-refractivity contribution in [3.8, 4) is 0 Å². The van der Waals surface area contributed by atoms with E-state index in [0.717, 1.165) is 19.6 Å². The van der Waals surface area contributed by atoms with Crippen molar-refractivity contribution in [2.75, 3.05) is 72.7 Å². The van der Waals surface area contributed by atoms with E-state index in [9.17, 15) is 20.4 Å². The summed E-state index contributed by atoms with van der Waals surface area (Å²) >= 11 is 0. The molecule has 0 aliphatic heterocycles. The van der Waals surface area contributed by atoms with E-state index in [1.54, 1.807) is 0 Å². The second-order valence-electron chi connectivity index (χ2n) is 6.84. The Bertz CT molecular complexity index is 430. The maximum Gasteiger partial charge on any atom is 0.129 e. The summed E-state index contributed by atoms with van der Waals surface area (Å²) in [6.45, 7) is 4.91. The van der Waals surface area contributed by atoms with Crippen molar-refractivity contribution >= 4 is 0 Å². The lowest BCUT2D eigenvalue weighted by molar-refractivity contribution is -0.981. The van der Waals surface area contributed by atoms with Crippen molar-refractivity contribution in [1.29, 1.82) is 0 Å². The highest BCUT2D eigenvalue weighted by atomic mass is 16.3. The topological polar surface area (TPSA) is 80.9 Å². The molecule has 0 unspecified atom stereocenters. The van der Waals surface area contributed by atoms with Gasteiger partial charge in [0.2, 0.25) is 0 Å². The van der Waals surface area contributed by atoms with E-state index < -0.39 is 0 Å². The molecule has 1 aromatic rings. The number of hydrogen-bond acceptors (Lipinski definition) is 4. The molecule has 0 saturated heterocycles. The molecule has 0 heterocycles. The average molecular weight is 342 g/mol. The third-order valence-corrected chi connectivity index (χ3v) is 4.90. The van der Waals surface area contributed by atoms with Gasteiger partial charge in [0.1, 0.15) is 45.8 Å². The predicted molar refractivity (Wildman–Crippen MR) is 94.1 cm³/mol. The Morgan fingerprint density at radius 3 is 1.62 bits per heavy atom. The van der Waals surface area contributed by atoms with Crippen molar-refractivity contribution in [2.45, 2.75) is 6.54 Å². The SMILES string of the molecule is C[N+](CCO)(CCO)CC[N+](CCO)(CCO)Cc1ccccc1. The van der Waals surface area contributed by atoms with Gasteiger partial charge in [0, 0.05) is 5.56 Å². The summed E-state index contributed by atoms with van der Waals surface area (Å²) < 4.78 is 1.18. The van der Waals surface area contributed by atoms with Gasteiger partial charge in [-0.05, 0) is 0 Å². The molecule has 0 saturated carbocycles. The molecule has 0 spiro atoms. The van der Waals surface area contributed by atoms with Gasteiger partial charge in [-0.1, -0.05) is 30.3 Å². The number of rotatable bonds is 13. The van der Waals surface area contributed by atoms with E-state index in [2.05, 4.69) is 12.1 Å². The van der Waals surface area contributed by atoms with Crippen LogP contribution in [0.25, 0.3) is 0 Å². The summed E-state index contributed by atoms with van der Waals surface area (Å²) in [4.78, 5) is 0. The first-order chi connectivity index (χ1) is 11.5. The summed E-state index contributed by atoms with van der Waals surface area (Å²) in [6, 6.07) is 10.1. The molecule has 6 heteroatoms. The number of benzene rings is 1. The molecule has 0 aromatic heterocycles. The van der Waals surface area contributed by atoms with Crippen LogP contribution in [0.2, 0.25) is 0 Å². The maximum absolute atomic E-state index is 9.56. The van der Waals surface area contributed by atoms with Gasteiger partial charge in [-0.15, -0.1) is 0 Å². The zero-order chi connectivity index (χ0) is 17.9. The monoisotopic (exact) mass is 342 g/mol. The van der Waals surface area contributed by atoms with Crippen LogP contribution in [0.4, 0.5) is 0 Å². The van der Waals surface area contributed by atoms with Crippen molar-refractivity contribution in [1.82, 2.24) is 0 Å². The fourth-order valence-electron chi connectivity index (χ4n) is 3.24. The Balaban J connectivity index is 2.90. The zero-order valence-electron chi connectivity index (χ0n) is 14.8. The van der Waals surface area contributed by atoms with Gasteiger partial charge in [-0.2, -0.15) is 0 Å². The third kappa shape index (κ3) is 6.84. The second kappa shape index (κ2) is 10.8. The van der Waals surface area contributed by atoms with Crippen LogP contribution in [-0.4, -0.2) is 102 Å². The number of quaternary nitrogens is 2. The lowest BCUT2D eigenvalue weighted by atomic mass is 10.1. The molecular formula is C18H34N2O4+2. The minimum atomic E-state index is 0.0660. The number of likely N-dealkylation sites (N-methyl/N-ethyl adjacent to an activating group) is 1. The van der Waals surface area contributed by atoms with Crippen molar-refractivity contribution in [3.63, 3.8) is 0 Å². The number of aliphatic hydroxyl groups is 4. The van der Waals surface area contributed by atoms with Crippen LogP contribution in [0.1, 0.15) is 5.56 Å². The molecule has 6 nitrogen and oxygen atoms in total. The summed E-state index contributed by atoms with van der Waals surface area (Å²) in [5.41, 5.74) is 1.18. The fraction of sp³-hybridized carbons (Fsp3) is 0.667. The molecular weight excluding hydrogens is 308 g/mol. The van der Waals surface area contributed by atoms with Crippen LogP contribution in [-0.2, 0) is 6.54 Å². The zero-order valence-corrected chi connectivity index (χ0v) is 14.8. The fourth-order valence-corrected chi connectivity index (χ4v) is 3.24. The lowest BCUT2D eigenvalue weighted by Crippen LogP contribution is -2.58. The second-order valence-corrected chi connectivity index (χ2v) is 6.84. The Kier molecular flexibility index (Phi) is 9.43. The van der Waals surface area contributed by atoms with Gasteiger partial charge in [-0.25, -0.2) is 0 Å². The number of hydrogen-bond donors (Lipinski definition) is 4. The van der Waals surface area contributed by atoms with E-state index in [1.165, 1.54) is 5.56 Å².